The number of rotatable bonds is 0. The van der Waals surface area contributed by atoms with Crippen LogP contribution in [0.3, 0.4) is 0 Å². The topological polar surface area (TPSA) is 60.7 Å². The van der Waals surface area contributed by atoms with E-state index in [-0.39, 0.29) is 0 Å². The fraction of sp³-hybridized carbons (Fsp3) is 1.00. The second-order valence-corrected chi connectivity index (χ2v) is 1.41. The maximum atomic E-state index is 7.17. The molecule has 0 bridgehead atoms. The van der Waals surface area contributed by atoms with Gasteiger partial charge in [0.1, 0.15) is 0 Å². The van der Waals surface area contributed by atoms with Gasteiger partial charge in [-0.2, -0.15) is 0 Å². The first-order valence-electron chi connectivity index (χ1n) is 2.27. The minimum absolute atomic E-state index is 1.50. The molecule has 0 saturated heterocycles. The van der Waals surface area contributed by atoms with Gasteiger partial charge in [0.05, 0.1) is 0 Å². The highest BCUT2D eigenvalue weighted by Crippen LogP contribution is 2.14. The molecule has 0 aromatic carbocycles. The van der Waals surface area contributed by atoms with E-state index < -0.39 is 7.32 Å². The van der Waals surface area contributed by atoms with Crippen LogP contribution in [0, 0.1) is 0 Å². The molecular formula is C3H9BO3. The van der Waals surface area contributed by atoms with Crippen molar-refractivity contribution in [3.05, 3.63) is 0 Å². The van der Waals surface area contributed by atoms with Crippen LogP contribution in [0.5, 0.6) is 0 Å². The van der Waals surface area contributed by atoms with Gasteiger partial charge in [0.25, 0.3) is 0 Å². The molecule has 0 amide bonds. The third-order valence-corrected chi connectivity index (χ3v) is 0.354. The average molecular weight is 104 g/mol. The van der Waals surface area contributed by atoms with Crippen LogP contribution in [0.2, 0.25) is 0 Å². The Labute approximate surface area is 42.8 Å². The molecule has 0 aromatic heterocycles. The van der Waals surface area contributed by atoms with Crippen LogP contribution in [0.1, 0.15) is 19.3 Å². The van der Waals surface area contributed by atoms with Crippen molar-refractivity contribution in [3.63, 3.8) is 0 Å². The SMILES string of the molecule is C1CC1.OB(O)O. The van der Waals surface area contributed by atoms with Crippen molar-refractivity contribution < 1.29 is 15.1 Å². The molecule has 0 aromatic rings. The van der Waals surface area contributed by atoms with Crippen molar-refractivity contribution in [1.29, 1.82) is 0 Å². The van der Waals surface area contributed by atoms with Gasteiger partial charge in [-0.15, -0.1) is 0 Å². The van der Waals surface area contributed by atoms with Crippen molar-refractivity contribution in [2.75, 3.05) is 0 Å². The Morgan fingerprint density at radius 3 is 1.00 bits per heavy atom. The summed E-state index contributed by atoms with van der Waals surface area (Å²) in [5.74, 6) is 0. The van der Waals surface area contributed by atoms with E-state index in [1.807, 2.05) is 0 Å². The Morgan fingerprint density at radius 1 is 0.857 bits per heavy atom. The normalized spacial score (nSPS) is 14.1. The minimum atomic E-state index is -2.17. The summed E-state index contributed by atoms with van der Waals surface area (Å²) in [6.07, 6.45) is 4.50. The van der Waals surface area contributed by atoms with E-state index >= 15 is 0 Å². The number of hydrogen-bond acceptors (Lipinski definition) is 3. The van der Waals surface area contributed by atoms with Gasteiger partial charge in [-0.25, -0.2) is 0 Å². The molecule has 4 heteroatoms. The van der Waals surface area contributed by atoms with E-state index in [1.165, 1.54) is 19.3 Å². The lowest BCUT2D eigenvalue weighted by molar-refractivity contribution is 0.278. The molecule has 0 unspecified atom stereocenters. The van der Waals surface area contributed by atoms with Crippen molar-refractivity contribution in [3.8, 4) is 0 Å². The monoisotopic (exact) mass is 104 g/mol. The molecule has 1 aliphatic rings. The molecular weight excluding hydrogens is 94.8 g/mol. The highest BCUT2D eigenvalue weighted by atomic mass is 16.5. The van der Waals surface area contributed by atoms with Crippen molar-refractivity contribution in [2.45, 2.75) is 19.3 Å². The van der Waals surface area contributed by atoms with Gasteiger partial charge in [-0.05, 0) is 0 Å². The summed E-state index contributed by atoms with van der Waals surface area (Å²) >= 11 is 0. The summed E-state index contributed by atoms with van der Waals surface area (Å²) in [4.78, 5) is 0. The molecule has 7 heavy (non-hydrogen) atoms. The van der Waals surface area contributed by atoms with E-state index in [0.717, 1.165) is 0 Å². The van der Waals surface area contributed by atoms with Crippen LogP contribution in [-0.4, -0.2) is 22.4 Å². The van der Waals surface area contributed by atoms with Gasteiger partial charge in [0.2, 0.25) is 0 Å². The van der Waals surface area contributed by atoms with Gasteiger partial charge in [-0.3, -0.25) is 0 Å². The molecule has 0 heterocycles. The highest BCUT2D eigenvalue weighted by Gasteiger charge is 1.95. The Kier molecular flexibility index (Phi) is 4.08. The zero-order chi connectivity index (χ0) is 5.70. The zero-order valence-corrected chi connectivity index (χ0v) is 4.04. The maximum Gasteiger partial charge on any atom is 0.631 e. The van der Waals surface area contributed by atoms with E-state index in [4.69, 9.17) is 15.1 Å². The van der Waals surface area contributed by atoms with Gasteiger partial charge in [-0.1, -0.05) is 19.3 Å². The first kappa shape index (κ1) is 6.94. The molecule has 1 rings (SSSR count). The van der Waals surface area contributed by atoms with Gasteiger partial charge in [0.15, 0.2) is 0 Å². The predicted octanol–water partition coefficient (Wildman–Crippen LogP) is -0.881. The van der Waals surface area contributed by atoms with E-state index in [9.17, 15) is 0 Å². The highest BCUT2D eigenvalue weighted by molar-refractivity contribution is 6.30. The summed E-state index contributed by atoms with van der Waals surface area (Å²) in [5.41, 5.74) is 0. The summed E-state index contributed by atoms with van der Waals surface area (Å²) in [7, 11) is -2.17. The average Bonchev–Trinajstić information content (AvgIpc) is 2.02. The lowest BCUT2D eigenvalue weighted by Crippen LogP contribution is -2.07. The fourth-order valence-corrected chi connectivity index (χ4v) is 0. The van der Waals surface area contributed by atoms with Crippen molar-refractivity contribution in [1.82, 2.24) is 0 Å². The lowest BCUT2D eigenvalue weighted by Gasteiger charge is -1.69. The molecule has 1 fully saturated rings. The van der Waals surface area contributed by atoms with Crippen LogP contribution in [0.4, 0.5) is 0 Å². The summed E-state index contributed by atoms with van der Waals surface area (Å²) in [5, 5.41) is 21.5. The van der Waals surface area contributed by atoms with Crippen molar-refractivity contribution in [2.24, 2.45) is 0 Å². The molecule has 1 aliphatic carbocycles. The third-order valence-electron chi connectivity index (χ3n) is 0.354. The predicted molar refractivity (Wildman–Crippen MR) is 26.3 cm³/mol. The van der Waals surface area contributed by atoms with Gasteiger partial charge in [0, 0.05) is 0 Å². The Morgan fingerprint density at radius 2 is 1.00 bits per heavy atom. The van der Waals surface area contributed by atoms with E-state index in [0.29, 0.717) is 0 Å². The van der Waals surface area contributed by atoms with Gasteiger partial charge >= 0.3 is 7.32 Å². The van der Waals surface area contributed by atoms with Gasteiger partial charge < -0.3 is 15.1 Å². The lowest BCUT2D eigenvalue weighted by atomic mass is 10.3. The van der Waals surface area contributed by atoms with E-state index in [1.54, 1.807) is 0 Å². The summed E-state index contributed by atoms with van der Waals surface area (Å²) < 4.78 is 0. The molecule has 1 saturated carbocycles. The summed E-state index contributed by atoms with van der Waals surface area (Å²) in [6.45, 7) is 0. The second-order valence-electron chi connectivity index (χ2n) is 1.41. The zero-order valence-electron chi connectivity index (χ0n) is 4.04. The summed E-state index contributed by atoms with van der Waals surface area (Å²) in [6, 6.07) is 0. The van der Waals surface area contributed by atoms with Crippen LogP contribution in [0.15, 0.2) is 0 Å². The fourth-order valence-electron chi connectivity index (χ4n) is 0. The standard InChI is InChI=1S/C3H6.BH3O3/c1-2-3-1;2-1(3)4/h1-3H2;2-4H. The molecule has 0 radical (unpaired) electrons. The Hall–Kier alpha value is -0.0551. The van der Waals surface area contributed by atoms with E-state index in [2.05, 4.69) is 0 Å². The Balaban J connectivity index is 0.000000105. The third kappa shape index (κ3) is 104. The number of hydrogen-bond donors (Lipinski definition) is 3. The smallest absolute Gasteiger partial charge is 0.402 e. The molecule has 0 spiro atoms. The second kappa shape index (κ2) is 4.11. The maximum absolute atomic E-state index is 7.17. The molecule has 42 valence electrons. The first-order chi connectivity index (χ1) is 3.23. The molecule has 3 nitrogen and oxygen atoms in total. The largest absolute Gasteiger partial charge is 0.631 e. The first-order valence-corrected chi connectivity index (χ1v) is 2.27. The Bertz CT molecular complexity index is 31.7. The quantitative estimate of drug-likeness (QED) is 0.349. The van der Waals surface area contributed by atoms with Crippen LogP contribution in [-0.2, 0) is 0 Å². The van der Waals surface area contributed by atoms with Crippen molar-refractivity contribution >= 4 is 7.32 Å². The molecule has 3 N–H and O–H groups in total. The minimum Gasteiger partial charge on any atom is -0.402 e. The van der Waals surface area contributed by atoms with Crippen LogP contribution >= 0.6 is 0 Å². The van der Waals surface area contributed by atoms with Crippen LogP contribution < -0.4 is 0 Å². The molecule has 0 aliphatic heterocycles. The molecule has 0 atom stereocenters. The van der Waals surface area contributed by atoms with Crippen LogP contribution in [0.25, 0.3) is 0 Å².